The first-order chi connectivity index (χ1) is 7.47. The molecule has 1 aliphatic rings. The van der Waals surface area contributed by atoms with Crippen LogP contribution in [0.15, 0.2) is 0 Å². The lowest BCUT2D eigenvalue weighted by Crippen LogP contribution is -2.43. The van der Waals surface area contributed by atoms with Crippen molar-refractivity contribution in [3.05, 3.63) is 0 Å². The van der Waals surface area contributed by atoms with Crippen molar-refractivity contribution in [2.75, 3.05) is 5.75 Å². The summed E-state index contributed by atoms with van der Waals surface area (Å²) in [5.41, 5.74) is 0. The maximum absolute atomic E-state index is 10.7. The third-order valence-corrected chi connectivity index (χ3v) is 4.95. The van der Waals surface area contributed by atoms with Crippen molar-refractivity contribution in [2.45, 2.75) is 45.1 Å². The smallest absolute Gasteiger partial charge is 0.247 e. The molecular weight excluding hydrogens is 252 g/mol. The molecule has 98 valence electrons. The number of unbranched alkanes of at least 4 members (excludes halogenated alkanes) is 2. The van der Waals surface area contributed by atoms with Gasteiger partial charge in [-0.15, -0.1) is 20.0 Å². The quantitative estimate of drug-likeness (QED) is 0.438. The van der Waals surface area contributed by atoms with Crippen LogP contribution in [0.25, 0.3) is 0 Å². The summed E-state index contributed by atoms with van der Waals surface area (Å²) >= 11 is -2.25. The Morgan fingerprint density at radius 3 is 2.75 bits per heavy atom. The first-order valence-electron chi connectivity index (χ1n) is 5.40. The van der Waals surface area contributed by atoms with Crippen LogP contribution in [0.3, 0.4) is 0 Å². The highest BCUT2D eigenvalue weighted by Gasteiger charge is 2.38. The second kappa shape index (κ2) is 6.29. The van der Waals surface area contributed by atoms with Gasteiger partial charge in [-0.2, -0.15) is 0 Å². The van der Waals surface area contributed by atoms with Gasteiger partial charge in [0.25, 0.3) is 0 Å². The Morgan fingerprint density at radius 1 is 1.50 bits per heavy atom. The summed E-state index contributed by atoms with van der Waals surface area (Å²) in [6, 6.07) is -0.0624. The lowest BCUT2D eigenvalue weighted by atomic mass is 10.1. The molecular formula is C8H20N2O4S2. The van der Waals surface area contributed by atoms with Crippen LogP contribution in [0.2, 0.25) is 0 Å². The van der Waals surface area contributed by atoms with E-state index < -0.39 is 22.0 Å². The molecule has 0 aromatic carbocycles. The number of rotatable bonds is 6. The molecule has 0 saturated carbocycles. The topological polar surface area (TPSA) is 93.0 Å². The van der Waals surface area contributed by atoms with Gasteiger partial charge >= 0.3 is 0 Å². The van der Waals surface area contributed by atoms with Crippen molar-refractivity contribution in [2.24, 2.45) is 0 Å². The standard InChI is InChI=1S/C8H20N2O4S2/c1-2-3-4-5-8-6-7-16(13,14)10(8)9-15(11)12/h8-9,13-14H,2-7H2,1H3,(H,11,12). The summed E-state index contributed by atoms with van der Waals surface area (Å²) in [7, 11) is -2.90. The molecule has 0 amide bonds. The predicted octanol–water partition coefficient (Wildman–Crippen LogP) is 1.95. The third-order valence-electron chi connectivity index (χ3n) is 2.68. The summed E-state index contributed by atoms with van der Waals surface area (Å²) < 4.78 is 40.0. The zero-order valence-electron chi connectivity index (χ0n) is 9.33. The molecule has 2 unspecified atom stereocenters. The first kappa shape index (κ1) is 14.4. The average Bonchev–Trinajstić information content (AvgIpc) is 2.45. The SMILES string of the molecule is CCCCCC1CCS(O)(O)N1NS(=O)O. The Morgan fingerprint density at radius 2 is 2.19 bits per heavy atom. The van der Waals surface area contributed by atoms with E-state index in [0.29, 0.717) is 6.42 Å². The predicted molar refractivity (Wildman–Crippen MR) is 66.0 cm³/mol. The molecule has 6 nitrogen and oxygen atoms in total. The summed E-state index contributed by atoms with van der Waals surface area (Å²) in [6.45, 7) is 2.10. The fraction of sp³-hybridized carbons (Fsp3) is 1.00. The molecule has 1 heterocycles. The minimum absolute atomic E-state index is 0.0624. The van der Waals surface area contributed by atoms with E-state index in [4.69, 9.17) is 4.55 Å². The summed E-state index contributed by atoms with van der Waals surface area (Å²) in [5, 5.41) is 0. The lowest BCUT2D eigenvalue weighted by Gasteiger charge is -2.38. The molecule has 2 atom stereocenters. The Bertz CT molecular complexity index is 252. The molecule has 0 bridgehead atoms. The molecule has 1 saturated heterocycles. The van der Waals surface area contributed by atoms with Gasteiger partial charge in [-0.1, -0.05) is 26.2 Å². The molecule has 1 aliphatic heterocycles. The van der Waals surface area contributed by atoms with Crippen LogP contribution in [-0.4, -0.2) is 34.1 Å². The lowest BCUT2D eigenvalue weighted by molar-refractivity contribution is 0.265. The monoisotopic (exact) mass is 272 g/mol. The van der Waals surface area contributed by atoms with E-state index >= 15 is 0 Å². The van der Waals surface area contributed by atoms with Gasteiger partial charge in [-0.05, 0) is 12.8 Å². The zero-order valence-corrected chi connectivity index (χ0v) is 11.0. The van der Waals surface area contributed by atoms with E-state index in [9.17, 15) is 13.3 Å². The van der Waals surface area contributed by atoms with Crippen LogP contribution < -0.4 is 4.83 Å². The van der Waals surface area contributed by atoms with Crippen LogP contribution in [0.5, 0.6) is 0 Å². The molecule has 0 aliphatic carbocycles. The minimum atomic E-state index is -2.90. The molecule has 1 fully saturated rings. The van der Waals surface area contributed by atoms with Gasteiger partial charge < -0.3 is 0 Å². The Balaban J connectivity index is 2.52. The molecule has 0 aromatic heterocycles. The fourth-order valence-corrected chi connectivity index (χ4v) is 4.30. The van der Waals surface area contributed by atoms with Crippen molar-refractivity contribution in [1.29, 1.82) is 0 Å². The van der Waals surface area contributed by atoms with Crippen LogP contribution in [0.4, 0.5) is 0 Å². The second-order valence-corrected chi connectivity index (χ2v) is 6.69. The Kier molecular flexibility index (Phi) is 5.65. The average molecular weight is 272 g/mol. The van der Waals surface area contributed by atoms with Crippen LogP contribution >= 0.6 is 10.8 Å². The van der Waals surface area contributed by atoms with E-state index in [1.807, 2.05) is 0 Å². The number of hydrazine groups is 1. The molecule has 16 heavy (non-hydrogen) atoms. The number of hydrogen-bond donors (Lipinski definition) is 4. The minimum Gasteiger partial charge on any atom is -0.293 e. The summed E-state index contributed by atoms with van der Waals surface area (Å²) in [4.78, 5) is 2.21. The van der Waals surface area contributed by atoms with E-state index in [2.05, 4.69) is 11.8 Å². The van der Waals surface area contributed by atoms with Gasteiger partial charge in [0.1, 0.15) is 0 Å². The van der Waals surface area contributed by atoms with Gasteiger partial charge in [0.15, 0.2) is 0 Å². The zero-order chi connectivity index (χ0) is 12.2. The number of nitrogens with one attached hydrogen (secondary N) is 1. The van der Waals surface area contributed by atoms with E-state index in [1.165, 1.54) is 4.41 Å². The van der Waals surface area contributed by atoms with Crippen LogP contribution in [-0.2, 0) is 11.3 Å². The van der Waals surface area contributed by atoms with Crippen LogP contribution in [0.1, 0.15) is 39.0 Å². The number of hydrogen-bond acceptors (Lipinski definition) is 4. The largest absolute Gasteiger partial charge is 0.293 e. The first-order valence-corrected chi connectivity index (χ1v) is 8.17. The maximum atomic E-state index is 10.7. The fourth-order valence-electron chi connectivity index (χ4n) is 1.85. The highest BCUT2D eigenvalue weighted by molar-refractivity contribution is 8.22. The molecule has 0 aromatic rings. The van der Waals surface area contributed by atoms with Gasteiger partial charge in [0.2, 0.25) is 11.3 Å². The number of nitrogens with zero attached hydrogens (tertiary/aromatic N) is 1. The van der Waals surface area contributed by atoms with E-state index in [0.717, 1.165) is 25.7 Å². The van der Waals surface area contributed by atoms with Crippen molar-refractivity contribution in [1.82, 2.24) is 9.25 Å². The highest BCUT2D eigenvalue weighted by atomic mass is 32.3. The van der Waals surface area contributed by atoms with Gasteiger partial charge in [-0.3, -0.25) is 13.7 Å². The highest BCUT2D eigenvalue weighted by Crippen LogP contribution is 2.50. The van der Waals surface area contributed by atoms with Gasteiger partial charge in [-0.25, -0.2) is 4.21 Å². The molecule has 4 N–H and O–H groups in total. The molecule has 8 heteroatoms. The molecule has 1 rings (SSSR count). The van der Waals surface area contributed by atoms with Gasteiger partial charge in [0.05, 0.1) is 5.75 Å². The Hall–Kier alpha value is 0.300. The summed E-state index contributed by atoms with van der Waals surface area (Å²) in [6.07, 6.45) is 4.64. The van der Waals surface area contributed by atoms with E-state index in [-0.39, 0.29) is 11.8 Å². The van der Waals surface area contributed by atoms with Crippen LogP contribution in [0, 0.1) is 0 Å². The second-order valence-electron chi connectivity index (χ2n) is 3.94. The van der Waals surface area contributed by atoms with Crippen molar-refractivity contribution < 1.29 is 17.9 Å². The third kappa shape index (κ3) is 3.95. The summed E-state index contributed by atoms with van der Waals surface area (Å²) in [5.74, 6) is 0.272. The van der Waals surface area contributed by atoms with Crippen molar-refractivity contribution in [3.63, 3.8) is 0 Å². The van der Waals surface area contributed by atoms with Crippen molar-refractivity contribution >= 4 is 22.0 Å². The Labute approximate surface area is 100 Å². The molecule has 0 radical (unpaired) electrons. The van der Waals surface area contributed by atoms with Gasteiger partial charge in [0, 0.05) is 6.04 Å². The van der Waals surface area contributed by atoms with Crippen molar-refractivity contribution in [3.8, 4) is 0 Å². The maximum Gasteiger partial charge on any atom is 0.247 e. The normalized spacial score (nSPS) is 29.1. The molecule has 0 spiro atoms. The van der Waals surface area contributed by atoms with E-state index in [1.54, 1.807) is 0 Å².